The quantitative estimate of drug-likeness (QED) is 0.814. The summed E-state index contributed by atoms with van der Waals surface area (Å²) in [7, 11) is 2.13. The molecule has 0 amide bonds. The van der Waals surface area contributed by atoms with Crippen molar-refractivity contribution >= 4 is 5.69 Å². The summed E-state index contributed by atoms with van der Waals surface area (Å²) in [5.74, 6) is 0.114. The smallest absolute Gasteiger partial charge is 0.149 e. The van der Waals surface area contributed by atoms with E-state index >= 15 is 0 Å². The highest BCUT2D eigenvalue weighted by molar-refractivity contribution is 5.43. The second kappa shape index (κ2) is 6.02. The molecule has 4 nitrogen and oxygen atoms in total. The molecule has 5 heteroatoms. The average molecular weight is 253 g/mol. The minimum absolute atomic E-state index is 0.154. The first-order valence-electron chi connectivity index (χ1n) is 6.24. The Morgan fingerprint density at radius 3 is 2.67 bits per heavy atom. The van der Waals surface area contributed by atoms with Gasteiger partial charge < -0.3 is 15.4 Å². The van der Waals surface area contributed by atoms with Crippen LogP contribution in [-0.2, 0) is 0 Å². The van der Waals surface area contributed by atoms with Gasteiger partial charge in [-0.05, 0) is 19.2 Å². The van der Waals surface area contributed by atoms with Crippen molar-refractivity contribution < 1.29 is 9.13 Å². The van der Waals surface area contributed by atoms with Crippen LogP contribution >= 0.6 is 0 Å². The third-order valence-electron chi connectivity index (χ3n) is 3.24. The summed E-state index contributed by atoms with van der Waals surface area (Å²) in [6.07, 6.45) is 0. The largest absolute Gasteiger partial charge is 0.492 e. The van der Waals surface area contributed by atoms with Crippen LogP contribution in [0.2, 0.25) is 0 Å². The molecule has 0 aliphatic carbocycles. The fraction of sp³-hybridized carbons (Fsp3) is 0.538. The lowest BCUT2D eigenvalue weighted by Crippen LogP contribution is -2.45. The molecule has 1 aromatic carbocycles. The van der Waals surface area contributed by atoms with Crippen molar-refractivity contribution in [3.8, 4) is 5.75 Å². The number of halogens is 1. The SMILES string of the molecule is CN1CCN(CCOc2ccc(N)c(F)c2)CC1. The van der Waals surface area contributed by atoms with Gasteiger partial charge in [-0.25, -0.2) is 4.39 Å². The highest BCUT2D eigenvalue weighted by Gasteiger charge is 2.13. The minimum atomic E-state index is -0.424. The number of hydrogen-bond acceptors (Lipinski definition) is 4. The molecular weight excluding hydrogens is 233 g/mol. The van der Waals surface area contributed by atoms with E-state index in [0.717, 1.165) is 32.7 Å². The van der Waals surface area contributed by atoms with Gasteiger partial charge in [0.2, 0.25) is 0 Å². The zero-order chi connectivity index (χ0) is 13.0. The van der Waals surface area contributed by atoms with Crippen LogP contribution in [-0.4, -0.2) is 56.2 Å². The fourth-order valence-corrected chi connectivity index (χ4v) is 1.96. The molecule has 2 N–H and O–H groups in total. The number of ether oxygens (including phenoxy) is 1. The highest BCUT2D eigenvalue weighted by atomic mass is 19.1. The van der Waals surface area contributed by atoms with Gasteiger partial charge in [-0.2, -0.15) is 0 Å². The van der Waals surface area contributed by atoms with Crippen LogP contribution in [0.3, 0.4) is 0 Å². The Bertz CT molecular complexity index is 392. The molecule has 1 aliphatic rings. The van der Waals surface area contributed by atoms with E-state index in [1.807, 2.05) is 0 Å². The molecule has 0 radical (unpaired) electrons. The number of hydrogen-bond donors (Lipinski definition) is 1. The lowest BCUT2D eigenvalue weighted by molar-refractivity contribution is 0.133. The predicted molar refractivity (Wildman–Crippen MR) is 70.2 cm³/mol. The van der Waals surface area contributed by atoms with E-state index in [1.54, 1.807) is 6.07 Å². The summed E-state index contributed by atoms with van der Waals surface area (Å²) in [6, 6.07) is 4.56. The van der Waals surface area contributed by atoms with E-state index in [4.69, 9.17) is 10.5 Å². The molecule has 0 saturated carbocycles. The lowest BCUT2D eigenvalue weighted by atomic mass is 10.3. The monoisotopic (exact) mass is 253 g/mol. The van der Waals surface area contributed by atoms with Crippen molar-refractivity contribution in [2.75, 3.05) is 52.1 Å². The zero-order valence-electron chi connectivity index (χ0n) is 10.7. The van der Waals surface area contributed by atoms with E-state index in [0.29, 0.717) is 12.4 Å². The van der Waals surface area contributed by atoms with Crippen molar-refractivity contribution in [1.29, 1.82) is 0 Å². The summed E-state index contributed by atoms with van der Waals surface area (Å²) < 4.78 is 18.7. The number of piperazine rings is 1. The van der Waals surface area contributed by atoms with Gasteiger partial charge in [0.15, 0.2) is 0 Å². The number of nitrogen functional groups attached to an aromatic ring is 1. The Hall–Kier alpha value is -1.33. The van der Waals surface area contributed by atoms with Crippen LogP contribution in [0.15, 0.2) is 18.2 Å². The van der Waals surface area contributed by atoms with Crippen LogP contribution in [0.1, 0.15) is 0 Å². The maximum Gasteiger partial charge on any atom is 0.149 e. The Morgan fingerprint density at radius 2 is 2.00 bits per heavy atom. The van der Waals surface area contributed by atoms with Crippen LogP contribution in [0.5, 0.6) is 5.75 Å². The van der Waals surface area contributed by atoms with E-state index in [-0.39, 0.29) is 5.69 Å². The Labute approximate surface area is 107 Å². The predicted octanol–water partition coefficient (Wildman–Crippen LogP) is 1.03. The van der Waals surface area contributed by atoms with Crippen molar-refractivity contribution in [2.45, 2.75) is 0 Å². The standard InChI is InChI=1S/C13H20FN3O/c1-16-4-6-17(7-5-16)8-9-18-11-2-3-13(15)12(14)10-11/h2-3,10H,4-9,15H2,1H3. The molecule has 1 heterocycles. The highest BCUT2D eigenvalue weighted by Crippen LogP contribution is 2.17. The first-order valence-corrected chi connectivity index (χ1v) is 6.24. The molecule has 0 unspecified atom stereocenters. The molecule has 0 atom stereocenters. The van der Waals surface area contributed by atoms with Gasteiger partial charge in [0.1, 0.15) is 18.2 Å². The van der Waals surface area contributed by atoms with Gasteiger partial charge >= 0.3 is 0 Å². The molecule has 0 bridgehead atoms. The zero-order valence-corrected chi connectivity index (χ0v) is 10.7. The summed E-state index contributed by atoms with van der Waals surface area (Å²) in [5.41, 5.74) is 5.56. The summed E-state index contributed by atoms with van der Waals surface area (Å²) in [5, 5.41) is 0. The third kappa shape index (κ3) is 3.58. The first kappa shape index (κ1) is 13.1. The minimum Gasteiger partial charge on any atom is -0.492 e. The van der Waals surface area contributed by atoms with Gasteiger partial charge in [-0.3, -0.25) is 4.90 Å². The molecule has 2 rings (SSSR count). The Morgan fingerprint density at radius 1 is 1.28 bits per heavy atom. The second-order valence-electron chi connectivity index (χ2n) is 4.68. The van der Waals surface area contributed by atoms with Crippen molar-refractivity contribution in [3.05, 3.63) is 24.0 Å². The number of rotatable bonds is 4. The van der Waals surface area contributed by atoms with Crippen LogP contribution in [0.4, 0.5) is 10.1 Å². The maximum atomic E-state index is 13.2. The Balaban J connectivity index is 1.73. The fourth-order valence-electron chi connectivity index (χ4n) is 1.96. The molecule has 1 aliphatic heterocycles. The van der Waals surface area contributed by atoms with Gasteiger partial charge in [-0.1, -0.05) is 0 Å². The van der Waals surface area contributed by atoms with Crippen molar-refractivity contribution in [1.82, 2.24) is 9.80 Å². The first-order chi connectivity index (χ1) is 8.65. The normalized spacial score (nSPS) is 17.9. The lowest BCUT2D eigenvalue weighted by Gasteiger charge is -2.32. The molecule has 1 aromatic rings. The van der Waals surface area contributed by atoms with Crippen LogP contribution in [0, 0.1) is 5.82 Å². The van der Waals surface area contributed by atoms with Crippen molar-refractivity contribution in [2.24, 2.45) is 0 Å². The molecule has 1 fully saturated rings. The number of benzene rings is 1. The van der Waals surface area contributed by atoms with Gasteiger partial charge in [0.25, 0.3) is 0 Å². The Kier molecular flexibility index (Phi) is 4.38. The molecule has 1 saturated heterocycles. The number of nitrogens with two attached hydrogens (primary N) is 1. The second-order valence-corrected chi connectivity index (χ2v) is 4.68. The topological polar surface area (TPSA) is 41.7 Å². The average Bonchev–Trinajstić information content (AvgIpc) is 2.36. The van der Waals surface area contributed by atoms with E-state index in [2.05, 4.69) is 16.8 Å². The number of likely N-dealkylation sites (N-methyl/N-ethyl adjacent to an activating group) is 1. The maximum absolute atomic E-state index is 13.2. The van der Waals surface area contributed by atoms with Crippen LogP contribution in [0.25, 0.3) is 0 Å². The molecule has 100 valence electrons. The summed E-state index contributed by atoms with van der Waals surface area (Å²) in [4.78, 5) is 4.67. The van der Waals surface area contributed by atoms with E-state index < -0.39 is 5.82 Å². The molecule has 0 spiro atoms. The van der Waals surface area contributed by atoms with Crippen LogP contribution < -0.4 is 10.5 Å². The van der Waals surface area contributed by atoms with Crippen molar-refractivity contribution in [3.63, 3.8) is 0 Å². The van der Waals surface area contributed by atoms with Gasteiger partial charge in [0.05, 0.1) is 5.69 Å². The summed E-state index contributed by atoms with van der Waals surface area (Å²) >= 11 is 0. The summed E-state index contributed by atoms with van der Waals surface area (Å²) in [6.45, 7) is 5.77. The molecule has 18 heavy (non-hydrogen) atoms. The molecular formula is C13H20FN3O. The number of anilines is 1. The van der Waals surface area contributed by atoms with E-state index in [9.17, 15) is 4.39 Å². The number of nitrogens with zero attached hydrogens (tertiary/aromatic N) is 2. The molecule has 0 aromatic heterocycles. The van der Waals surface area contributed by atoms with Gasteiger partial charge in [0, 0.05) is 38.8 Å². The third-order valence-corrected chi connectivity index (χ3v) is 3.24. The van der Waals surface area contributed by atoms with Gasteiger partial charge in [-0.15, -0.1) is 0 Å². The van der Waals surface area contributed by atoms with E-state index in [1.165, 1.54) is 12.1 Å².